The fourth-order valence-electron chi connectivity index (χ4n) is 5.11. The molecule has 156 valence electrons. The Kier molecular flexibility index (Phi) is 4.49. The molecule has 0 saturated carbocycles. The van der Waals surface area contributed by atoms with Gasteiger partial charge in [-0.05, 0) is 56.7 Å². The summed E-state index contributed by atoms with van der Waals surface area (Å²) in [7, 11) is 0. The molecule has 0 unspecified atom stereocenters. The summed E-state index contributed by atoms with van der Waals surface area (Å²) in [6.45, 7) is 9.04. The molecule has 2 aliphatic heterocycles. The minimum atomic E-state index is 0.0228. The first-order chi connectivity index (χ1) is 14.5. The van der Waals surface area contributed by atoms with Gasteiger partial charge < -0.3 is 15.5 Å². The van der Waals surface area contributed by atoms with Gasteiger partial charge in [0, 0.05) is 42.9 Å². The summed E-state index contributed by atoms with van der Waals surface area (Å²) < 4.78 is 0. The molecule has 0 radical (unpaired) electrons. The van der Waals surface area contributed by atoms with Crippen LogP contribution in [0.15, 0.2) is 24.8 Å². The number of rotatable bonds is 3. The summed E-state index contributed by atoms with van der Waals surface area (Å²) in [6.07, 6.45) is 6.75. The molecule has 1 aliphatic carbocycles. The maximum atomic E-state index is 11.9. The Labute approximate surface area is 177 Å². The quantitative estimate of drug-likeness (QED) is 0.791. The summed E-state index contributed by atoms with van der Waals surface area (Å²) in [5.41, 5.74) is 11.4. The predicted molar refractivity (Wildman–Crippen MR) is 117 cm³/mol. The topological polar surface area (TPSA) is 88.2 Å². The molecule has 30 heavy (non-hydrogen) atoms. The van der Waals surface area contributed by atoms with E-state index in [-0.39, 0.29) is 11.3 Å². The monoisotopic (exact) mass is 404 g/mol. The number of carbonyl (C=O) groups is 1. The van der Waals surface area contributed by atoms with Crippen LogP contribution in [0.2, 0.25) is 0 Å². The maximum Gasteiger partial charge on any atom is 0.245 e. The number of hydrogen-bond acceptors (Lipinski definition) is 6. The fourth-order valence-corrected chi connectivity index (χ4v) is 5.11. The average molecular weight is 405 g/mol. The zero-order chi connectivity index (χ0) is 20.9. The second-order valence-corrected chi connectivity index (χ2v) is 8.98. The van der Waals surface area contributed by atoms with Gasteiger partial charge in [0.25, 0.3) is 0 Å². The maximum absolute atomic E-state index is 11.9. The molecule has 0 atom stereocenters. The minimum absolute atomic E-state index is 0.0228. The number of nitrogens with two attached hydrogens (primary N) is 1. The normalized spacial score (nSPS) is 19.5. The van der Waals surface area contributed by atoms with Gasteiger partial charge in [0.1, 0.15) is 5.82 Å². The van der Waals surface area contributed by atoms with Crippen LogP contribution in [-0.2, 0) is 17.6 Å². The van der Waals surface area contributed by atoms with E-state index in [9.17, 15) is 4.79 Å². The summed E-state index contributed by atoms with van der Waals surface area (Å²) in [5.74, 6) is 1.33. The largest absolute Gasteiger partial charge is 0.384 e. The van der Waals surface area contributed by atoms with Gasteiger partial charge in [0.05, 0.1) is 11.4 Å². The van der Waals surface area contributed by atoms with Crippen LogP contribution in [0.3, 0.4) is 0 Å². The molecular formula is C23H28N6O. The molecule has 2 N–H and O–H groups in total. The molecule has 2 saturated heterocycles. The molecule has 5 rings (SSSR count). The Bertz CT molecular complexity index is 1030. The lowest BCUT2D eigenvalue weighted by Gasteiger charge is -2.47. The highest BCUT2D eigenvalue weighted by Gasteiger charge is 2.49. The highest BCUT2D eigenvalue weighted by atomic mass is 16.2. The molecule has 1 amide bonds. The first-order valence-electron chi connectivity index (χ1n) is 10.8. The third-order valence-corrected chi connectivity index (χ3v) is 6.77. The number of aryl methyl sites for hydroxylation is 2. The van der Waals surface area contributed by atoms with Gasteiger partial charge in [0.2, 0.25) is 11.9 Å². The first kappa shape index (κ1) is 19.0. The molecule has 0 bridgehead atoms. The molecule has 2 fully saturated rings. The molecule has 3 aliphatic rings. The van der Waals surface area contributed by atoms with Crippen molar-refractivity contribution in [2.45, 2.75) is 39.0 Å². The number of likely N-dealkylation sites (tertiary alicyclic amines) is 1. The van der Waals surface area contributed by atoms with E-state index in [0.29, 0.717) is 5.82 Å². The predicted octanol–water partition coefficient (Wildman–Crippen LogP) is 2.53. The summed E-state index contributed by atoms with van der Waals surface area (Å²) in [4.78, 5) is 30.7. The number of amides is 1. The van der Waals surface area contributed by atoms with Crippen molar-refractivity contribution < 1.29 is 4.79 Å². The van der Waals surface area contributed by atoms with Crippen LogP contribution in [-0.4, -0.2) is 51.9 Å². The minimum Gasteiger partial charge on any atom is -0.384 e. The van der Waals surface area contributed by atoms with Crippen molar-refractivity contribution in [3.8, 4) is 11.4 Å². The number of hydrogen-bond donors (Lipinski definition) is 1. The molecule has 7 nitrogen and oxygen atoms in total. The highest BCUT2D eigenvalue weighted by Crippen LogP contribution is 2.41. The van der Waals surface area contributed by atoms with Gasteiger partial charge in [-0.3, -0.25) is 4.79 Å². The van der Waals surface area contributed by atoms with Gasteiger partial charge in [-0.1, -0.05) is 12.6 Å². The number of anilines is 2. The zero-order valence-electron chi connectivity index (χ0n) is 17.5. The van der Waals surface area contributed by atoms with E-state index < -0.39 is 0 Å². The molecule has 4 heterocycles. The van der Waals surface area contributed by atoms with E-state index in [4.69, 9.17) is 15.7 Å². The third kappa shape index (κ3) is 3.13. The Balaban J connectivity index is 1.48. The van der Waals surface area contributed by atoms with Crippen LogP contribution in [0.5, 0.6) is 0 Å². The van der Waals surface area contributed by atoms with Crippen molar-refractivity contribution in [1.29, 1.82) is 0 Å². The molecular weight excluding hydrogens is 376 g/mol. The van der Waals surface area contributed by atoms with Gasteiger partial charge >= 0.3 is 0 Å². The van der Waals surface area contributed by atoms with Crippen LogP contribution in [0, 0.1) is 12.3 Å². The molecule has 0 aromatic carbocycles. The standard InChI is InChI=1S/C23H28N6O/c1-3-19(30)29-13-23(14-29)10-11-28(12-23)22-25-17-7-5-4-6-16(17)21(27-22)20-15(2)8-9-18(24)26-20/h3,8-9H,1,4-7,10-14H2,2H3,(H2,24,26). The van der Waals surface area contributed by atoms with E-state index in [0.717, 1.165) is 86.9 Å². The summed E-state index contributed by atoms with van der Waals surface area (Å²) in [6, 6.07) is 3.85. The van der Waals surface area contributed by atoms with Crippen LogP contribution in [0.4, 0.5) is 11.8 Å². The number of aromatic nitrogens is 3. The van der Waals surface area contributed by atoms with Gasteiger partial charge in [-0.15, -0.1) is 0 Å². The Morgan fingerprint density at radius 3 is 2.73 bits per heavy atom. The fraction of sp³-hybridized carbons (Fsp3) is 0.478. The second-order valence-electron chi connectivity index (χ2n) is 8.98. The number of pyridine rings is 1. The van der Waals surface area contributed by atoms with Gasteiger partial charge in [-0.2, -0.15) is 0 Å². The van der Waals surface area contributed by atoms with E-state index >= 15 is 0 Å². The van der Waals surface area contributed by atoms with Gasteiger partial charge in [0.15, 0.2) is 0 Å². The molecule has 1 spiro atoms. The van der Waals surface area contributed by atoms with Crippen molar-refractivity contribution in [3.05, 3.63) is 41.6 Å². The first-order valence-corrected chi connectivity index (χ1v) is 10.8. The van der Waals surface area contributed by atoms with Crippen LogP contribution < -0.4 is 10.6 Å². The van der Waals surface area contributed by atoms with Crippen LogP contribution >= 0.6 is 0 Å². The van der Waals surface area contributed by atoms with Crippen LogP contribution in [0.25, 0.3) is 11.4 Å². The Hall–Kier alpha value is -2.96. The van der Waals surface area contributed by atoms with Crippen molar-refractivity contribution >= 4 is 17.7 Å². The molecule has 2 aromatic heterocycles. The number of fused-ring (bicyclic) bond motifs is 1. The average Bonchev–Trinajstić information content (AvgIpc) is 3.19. The highest BCUT2D eigenvalue weighted by molar-refractivity contribution is 5.87. The van der Waals surface area contributed by atoms with E-state index in [2.05, 4.69) is 23.4 Å². The smallest absolute Gasteiger partial charge is 0.245 e. The number of nitrogen functional groups attached to an aromatic ring is 1. The lowest BCUT2D eigenvalue weighted by atomic mass is 9.79. The van der Waals surface area contributed by atoms with Crippen molar-refractivity contribution in [2.24, 2.45) is 5.41 Å². The van der Waals surface area contributed by atoms with Gasteiger partial charge in [-0.25, -0.2) is 15.0 Å². The lowest BCUT2D eigenvalue weighted by molar-refractivity contribution is -0.136. The van der Waals surface area contributed by atoms with Crippen LogP contribution in [0.1, 0.15) is 36.1 Å². The van der Waals surface area contributed by atoms with Crippen molar-refractivity contribution in [1.82, 2.24) is 19.9 Å². The second kappa shape index (κ2) is 7.07. The summed E-state index contributed by atoms with van der Waals surface area (Å²) >= 11 is 0. The third-order valence-electron chi connectivity index (χ3n) is 6.77. The van der Waals surface area contributed by atoms with E-state index in [1.54, 1.807) is 0 Å². The van der Waals surface area contributed by atoms with Crippen molar-refractivity contribution in [3.63, 3.8) is 0 Å². The zero-order valence-corrected chi connectivity index (χ0v) is 17.5. The summed E-state index contributed by atoms with van der Waals surface area (Å²) in [5, 5.41) is 0. The van der Waals surface area contributed by atoms with E-state index in [1.807, 2.05) is 17.0 Å². The lowest BCUT2D eigenvalue weighted by Crippen LogP contribution is -2.59. The SMILES string of the molecule is C=CC(=O)N1CC2(CCN(c3nc4c(c(-c5nc(N)ccc5C)n3)CCCC4)C2)C1. The van der Waals surface area contributed by atoms with E-state index in [1.165, 1.54) is 11.6 Å². The Morgan fingerprint density at radius 1 is 1.13 bits per heavy atom. The number of nitrogens with zero attached hydrogens (tertiary/aromatic N) is 5. The number of carbonyl (C=O) groups excluding carboxylic acids is 1. The Morgan fingerprint density at radius 2 is 1.93 bits per heavy atom. The molecule has 7 heteroatoms. The van der Waals surface area contributed by atoms with Crippen molar-refractivity contribution in [2.75, 3.05) is 36.8 Å². The molecule has 2 aromatic rings.